The van der Waals surface area contributed by atoms with Crippen LogP contribution in [0.1, 0.15) is 36.8 Å². The largest absolute Gasteiger partial charge is 0.310 e. The SMILES string of the molecule is c1ccc(-c2cccc(N(c3ccc4c(c3)-c3ccccc3C43CC4CCC3C4)c3ccc4c(c3)sc3ccccc34)c2)cc1. The highest BCUT2D eigenvalue weighted by molar-refractivity contribution is 7.25. The molecule has 0 amide bonds. The lowest BCUT2D eigenvalue weighted by Gasteiger charge is -2.36. The van der Waals surface area contributed by atoms with Gasteiger partial charge in [-0.3, -0.25) is 0 Å². The van der Waals surface area contributed by atoms with Gasteiger partial charge in [0.2, 0.25) is 0 Å². The second kappa shape index (κ2) is 9.67. The minimum Gasteiger partial charge on any atom is -0.310 e. The quantitative estimate of drug-likeness (QED) is 0.196. The van der Waals surface area contributed by atoms with Gasteiger partial charge in [-0.05, 0) is 107 Å². The number of hydrogen-bond donors (Lipinski definition) is 0. The van der Waals surface area contributed by atoms with Crippen molar-refractivity contribution in [2.45, 2.75) is 31.1 Å². The third kappa shape index (κ3) is 3.73. The molecule has 10 rings (SSSR count). The van der Waals surface area contributed by atoms with Crippen molar-refractivity contribution < 1.29 is 0 Å². The molecule has 3 atom stereocenters. The lowest BCUT2D eigenvalue weighted by Crippen LogP contribution is -2.31. The highest BCUT2D eigenvalue weighted by atomic mass is 32.1. The van der Waals surface area contributed by atoms with Gasteiger partial charge in [0.1, 0.15) is 0 Å². The molecule has 2 saturated carbocycles. The number of rotatable bonds is 4. The van der Waals surface area contributed by atoms with Crippen LogP contribution in [-0.4, -0.2) is 0 Å². The van der Waals surface area contributed by atoms with Gasteiger partial charge in [-0.15, -0.1) is 11.3 Å². The summed E-state index contributed by atoms with van der Waals surface area (Å²) >= 11 is 1.89. The van der Waals surface area contributed by atoms with E-state index in [2.05, 4.69) is 144 Å². The molecule has 1 spiro atoms. The van der Waals surface area contributed by atoms with E-state index in [-0.39, 0.29) is 5.41 Å². The summed E-state index contributed by atoms with van der Waals surface area (Å²) in [7, 11) is 0. The molecule has 1 nitrogen and oxygen atoms in total. The number of benzene rings is 6. The summed E-state index contributed by atoms with van der Waals surface area (Å²) in [5, 5.41) is 2.67. The summed E-state index contributed by atoms with van der Waals surface area (Å²) in [6.45, 7) is 0. The molecule has 6 aromatic carbocycles. The topological polar surface area (TPSA) is 3.24 Å². The lowest BCUT2D eigenvalue weighted by molar-refractivity contribution is 0.327. The van der Waals surface area contributed by atoms with E-state index in [1.165, 1.54) is 85.2 Å². The van der Waals surface area contributed by atoms with E-state index < -0.39 is 0 Å². The zero-order valence-corrected chi connectivity index (χ0v) is 25.9. The van der Waals surface area contributed by atoms with E-state index >= 15 is 0 Å². The molecular weight excluding hydrogens is 563 g/mol. The number of nitrogens with zero attached hydrogens (tertiary/aromatic N) is 1. The van der Waals surface area contributed by atoms with Crippen LogP contribution in [0.4, 0.5) is 17.1 Å². The third-order valence-electron chi connectivity index (χ3n) is 11.1. The molecule has 3 aliphatic rings. The Morgan fingerprint density at radius 3 is 2.16 bits per heavy atom. The van der Waals surface area contributed by atoms with E-state index in [0.29, 0.717) is 0 Å². The summed E-state index contributed by atoms with van der Waals surface area (Å²) < 4.78 is 2.66. The van der Waals surface area contributed by atoms with Crippen LogP contribution in [0.25, 0.3) is 42.4 Å². The molecular formula is C43H33NS. The molecule has 7 aromatic rings. The van der Waals surface area contributed by atoms with E-state index in [1.54, 1.807) is 11.1 Å². The molecule has 0 N–H and O–H groups in total. The fourth-order valence-corrected chi connectivity index (χ4v) is 10.4. The molecule has 0 radical (unpaired) electrons. The molecule has 2 bridgehead atoms. The summed E-state index contributed by atoms with van der Waals surface area (Å²) in [4.78, 5) is 2.48. The van der Waals surface area contributed by atoms with Crippen molar-refractivity contribution >= 4 is 48.6 Å². The van der Waals surface area contributed by atoms with Crippen LogP contribution in [0.5, 0.6) is 0 Å². The summed E-state index contributed by atoms with van der Waals surface area (Å²) in [5.41, 5.74) is 12.3. The predicted octanol–water partition coefficient (Wildman–Crippen LogP) is 12.3. The fourth-order valence-electron chi connectivity index (χ4n) is 9.28. The predicted molar refractivity (Wildman–Crippen MR) is 191 cm³/mol. The maximum Gasteiger partial charge on any atom is 0.0476 e. The summed E-state index contributed by atoms with van der Waals surface area (Å²) in [5.74, 6) is 1.64. The van der Waals surface area contributed by atoms with Crippen molar-refractivity contribution in [2.75, 3.05) is 4.90 Å². The Morgan fingerprint density at radius 2 is 1.27 bits per heavy atom. The maximum absolute atomic E-state index is 2.50. The van der Waals surface area contributed by atoms with E-state index in [0.717, 1.165) is 11.8 Å². The molecule has 2 heteroatoms. The Labute approximate surface area is 268 Å². The number of anilines is 3. The van der Waals surface area contributed by atoms with Crippen LogP contribution in [0, 0.1) is 11.8 Å². The van der Waals surface area contributed by atoms with Gasteiger partial charge in [0, 0.05) is 42.6 Å². The van der Waals surface area contributed by atoms with Crippen LogP contribution in [0.15, 0.2) is 140 Å². The van der Waals surface area contributed by atoms with Gasteiger partial charge in [-0.25, -0.2) is 0 Å². The first-order valence-electron chi connectivity index (χ1n) is 16.4. The van der Waals surface area contributed by atoms with Crippen molar-refractivity contribution in [3.63, 3.8) is 0 Å². The Kier molecular flexibility index (Phi) is 5.51. The molecule has 2 fully saturated rings. The van der Waals surface area contributed by atoms with Crippen molar-refractivity contribution in [3.05, 3.63) is 151 Å². The molecule has 45 heavy (non-hydrogen) atoms. The van der Waals surface area contributed by atoms with Crippen molar-refractivity contribution in [2.24, 2.45) is 11.8 Å². The van der Waals surface area contributed by atoms with Gasteiger partial charge in [-0.2, -0.15) is 0 Å². The lowest BCUT2D eigenvalue weighted by atomic mass is 9.67. The van der Waals surface area contributed by atoms with Gasteiger partial charge in [0.15, 0.2) is 0 Å². The molecule has 0 aliphatic heterocycles. The summed E-state index contributed by atoms with van der Waals surface area (Å²) in [6, 6.07) is 52.3. The fraction of sp³-hybridized carbons (Fsp3) is 0.163. The highest BCUT2D eigenvalue weighted by Crippen LogP contribution is 2.66. The van der Waals surface area contributed by atoms with Gasteiger partial charge in [0.05, 0.1) is 0 Å². The number of thiophene rings is 1. The van der Waals surface area contributed by atoms with Crippen molar-refractivity contribution in [1.29, 1.82) is 0 Å². The van der Waals surface area contributed by atoms with Crippen LogP contribution >= 0.6 is 11.3 Å². The monoisotopic (exact) mass is 595 g/mol. The Morgan fingerprint density at radius 1 is 0.533 bits per heavy atom. The number of fused-ring (bicyclic) bond motifs is 11. The molecule has 3 aliphatic carbocycles. The Bertz CT molecular complexity index is 2260. The van der Waals surface area contributed by atoms with Crippen molar-refractivity contribution in [3.8, 4) is 22.3 Å². The van der Waals surface area contributed by atoms with Gasteiger partial charge >= 0.3 is 0 Å². The first-order valence-corrected chi connectivity index (χ1v) is 17.2. The second-order valence-electron chi connectivity index (χ2n) is 13.4. The average molecular weight is 596 g/mol. The molecule has 3 unspecified atom stereocenters. The summed E-state index contributed by atoms with van der Waals surface area (Å²) in [6.07, 6.45) is 5.48. The smallest absolute Gasteiger partial charge is 0.0476 e. The minimum atomic E-state index is 0.196. The van der Waals surface area contributed by atoms with Crippen molar-refractivity contribution in [1.82, 2.24) is 0 Å². The zero-order valence-electron chi connectivity index (χ0n) is 25.1. The van der Waals surface area contributed by atoms with Crippen LogP contribution in [-0.2, 0) is 5.41 Å². The third-order valence-corrected chi connectivity index (χ3v) is 12.3. The molecule has 216 valence electrons. The van der Waals surface area contributed by atoms with Gasteiger partial charge < -0.3 is 4.90 Å². The first-order chi connectivity index (χ1) is 22.3. The Balaban J connectivity index is 1.18. The zero-order chi connectivity index (χ0) is 29.5. The molecule has 0 saturated heterocycles. The Hall–Kier alpha value is -4.66. The highest BCUT2D eigenvalue weighted by Gasteiger charge is 2.56. The van der Waals surface area contributed by atoms with Gasteiger partial charge in [-0.1, -0.05) is 103 Å². The maximum atomic E-state index is 2.50. The van der Waals surface area contributed by atoms with Crippen LogP contribution in [0.2, 0.25) is 0 Å². The molecule has 1 aromatic heterocycles. The average Bonchev–Trinajstić information content (AvgIpc) is 3.87. The standard InChI is InChI=1S/C43H33NS/c1-2-9-29(10-3-1)30-11-8-12-32(24-30)44(34-19-21-37-36-14-5-7-16-41(36)45-42(37)26-34)33-20-22-40-38(25-33)35-13-4-6-15-39(35)43(40)27-28-17-18-31(43)23-28/h1-16,19-22,24-26,28,31H,17-18,23,27H2. The first kappa shape index (κ1) is 25.6. The number of hydrogen-bond acceptors (Lipinski definition) is 2. The van der Waals surface area contributed by atoms with Gasteiger partial charge in [0.25, 0.3) is 0 Å². The van der Waals surface area contributed by atoms with Crippen LogP contribution < -0.4 is 4.90 Å². The van der Waals surface area contributed by atoms with E-state index in [9.17, 15) is 0 Å². The normalized spacial score (nSPS) is 21.1. The van der Waals surface area contributed by atoms with Crippen LogP contribution in [0.3, 0.4) is 0 Å². The second-order valence-corrected chi connectivity index (χ2v) is 14.4. The van der Waals surface area contributed by atoms with E-state index in [1.807, 2.05) is 11.3 Å². The van der Waals surface area contributed by atoms with E-state index in [4.69, 9.17) is 0 Å². The minimum absolute atomic E-state index is 0.196. The molecule has 1 heterocycles.